The molecule has 0 unspecified atom stereocenters. The van der Waals surface area contributed by atoms with Crippen molar-refractivity contribution in [3.05, 3.63) is 59.2 Å². The average Bonchev–Trinajstić information content (AvgIpc) is 3.13. The van der Waals surface area contributed by atoms with Crippen molar-refractivity contribution in [2.24, 2.45) is 0 Å². The second-order valence-corrected chi connectivity index (χ2v) is 6.17. The van der Waals surface area contributed by atoms with E-state index >= 15 is 0 Å². The molecule has 0 spiro atoms. The first-order valence-electron chi connectivity index (χ1n) is 8.34. The second kappa shape index (κ2) is 7.42. The summed E-state index contributed by atoms with van der Waals surface area (Å²) in [5.74, 6) is -0.688. The molecule has 1 aliphatic heterocycles. The highest BCUT2D eigenvalue weighted by atomic mass is 19.1. The van der Waals surface area contributed by atoms with E-state index in [1.165, 1.54) is 12.1 Å². The van der Waals surface area contributed by atoms with Gasteiger partial charge in [-0.3, -0.25) is 14.6 Å². The van der Waals surface area contributed by atoms with E-state index in [2.05, 4.69) is 10.3 Å². The Morgan fingerprint density at radius 1 is 1.20 bits per heavy atom. The topological polar surface area (TPSA) is 62.3 Å². The molecule has 5 nitrogen and oxygen atoms in total. The highest BCUT2D eigenvalue weighted by Gasteiger charge is 2.22. The van der Waals surface area contributed by atoms with Crippen molar-refractivity contribution in [3.8, 4) is 0 Å². The minimum Gasteiger partial charge on any atom is -0.339 e. The number of carbonyl (C=O) groups excluding carboxylic acids is 2. The third kappa shape index (κ3) is 4.02. The molecule has 1 aliphatic rings. The number of benzene rings is 1. The van der Waals surface area contributed by atoms with Gasteiger partial charge in [0.2, 0.25) is 5.91 Å². The molecule has 25 heavy (non-hydrogen) atoms. The highest BCUT2D eigenvalue weighted by Crippen LogP contribution is 2.22. The average molecular weight is 341 g/mol. The summed E-state index contributed by atoms with van der Waals surface area (Å²) in [7, 11) is 0. The van der Waals surface area contributed by atoms with Gasteiger partial charge in [-0.2, -0.15) is 0 Å². The van der Waals surface area contributed by atoms with Crippen LogP contribution in [0.15, 0.2) is 36.5 Å². The van der Waals surface area contributed by atoms with Gasteiger partial charge in [-0.1, -0.05) is 6.07 Å². The zero-order valence-corrected chi connectivity index (χ0v) is 14.1. The third-order valence-corrected chi connectivity index (χ3v) is 4.36. The Balaban J connectivity index is 1.71. The van der Waals surface area contributed by atoms with Crippen molar-refractivity contribution in [3.63, 3.8) is 0 Å². The molecule has 1 fully saturated rings. The fourth-order valence-electron chi connectivity index (χ4n) is 2.96. The van der Waals surface area contributed by atoms with E-state index in [1.54, 1.807) is 18.2 Å². The van der Waals surface area contributed by atoms with E-state index in [0.717, 1.165) is 37.7 Å². The second-order valence-electron chi connectivity index (χ2n) is 6.17. The summed E-state index contributed by atoms with van der Waals surface area (Å²) in [6.07, 6.45) is 3.20. The number of halogens is 1. The summed E-state index contributed by atoms with van der Waals surface area (Å²) in [5.41, 5.74) is 2.46. The largest absolute Gasteiger partial charge is 0.339 e. The minimum atomic E-state index is -0.437. The van der Waals surface area contributed by atoms with E-state index in [4.69, 9.17) is 0 Å². The number of pyridine rings is 1. The number of anilines is 1. The molecule has 0 saturated carbocycles. The molecule has 1 aromatic heterocycles. The van der Waals surface area contributed by atoms with Crippen LogP contribution in [0.25, 0.3) is 0 Å². The Morgan fingerprint density at radius 2 is 1.96 bits per heavy atom. The number of rotatable bonds is 4. The zero-order chi connectivity index (χ0) is 17.8. The number of carbonyl (C=O) groups is 2. The van der Waals surface area contributed by atoms with Gasteiger partial charge >= 0.3 is 0 Å². The van der Waals surface area contributed by atoms with Crippen LogP contribution in [-0.2, 0) is 11.2 Å². The van der Waals surface area contributed by atoms with Gasteiger partial charge in [0, 0.05) is 30.0 Å². The molecule has 1 saturated heterocycles. The lowest BCUT2D eigenvalue weighted by Gasteiger charge is -2.18. The van der Waals surface area contributed by atoms with Gasteiger partial charge in [-0.15, -0.1) is 0 Å². The van der Waals surface area contributed by atoms with Crippen molar-refractivity contribution in [1.29, 1.82) is 0 Å². The van der Waals surface area contributed by atoms with Crippen molar-refractivity contribution in [2.45, 2.75) is 26.2 Å². The van der Waals surface area contributed by atoms with Gasteiger partial charge in [0.05, 0.1) is 12.6 Å². The highest BCUT2D eigenvalue weighted by molar-refractivity contribution is 5.99. The van der Waals surface area contributed by atoms with E-state index in [9.17, 15) is 14.0 Å². The molecule has 3 rings (SSSR count). The monoisotopic (exact) mass is 341 g/mol. The predicted octanol–water partition coefficient (Wildman–Crippen LogP) is 2.95. The lowest BCUT2D eigenvalue weighted by Crippen LogP contribution is -2.28. The van der Waals surface area contributed by atoms with Crippen LogP contribution >= 0.6 is 0 Å². The molecule has 1 aromatic carbocycles. The van der Waals surface area contributed by atoms with Crippen LogP contribution in [0.2, 0.25) is 0 Å². The smallest absolute Gasteiger partial charge is 0.254 e. The maximum atomic E-state index is 12.9. The van der Waals surface area contributed by atoms with Gasteiger partial charge in [-0.25, -0.2) is 4.39 Å². The Hall–Kier alpha value is -2.76. The fraction of sp³-hybridized carbons (Fsp3) is 0.316. The Kier molecular flexibility index (Phi) is 5.07. The standard InChI is InChI=1S/C19H20FN3O2/c1-13-16(19(25)23-9-2-3-10-23)5-4-6-17(13)22-18(24)11-15-8-7-14(20)12-21-15/h4-8,12H,2-3,9-11H2,1H3,(H,22,24). The van der Waals surface area contributed by atoms with Gasteiger partial charge in [0.25, 0.3) is 5.91 Å². The van der Waals surface area contributed by atoms with Crippen LogP contribution < -0.4 is 5.32 Å². The van der Waals surface area contributed by atoms with Gasteiger partial charge in [0.15, 0.2) is 0 Å². The summed E-state index contributed by atoms with van der Waals surface area (Å²) in [6.45, 7) is 3.39. The van der Waals surface area contributed by atoms with Gasteiger partial charge < -0.3 is 10.2 Å². The summed E-state index contributed by atoms with van der Waals surface area (Å²) >= 11 is 0. The van der Waals surface area contributed by atoms with Crippen LogP contribution in [0.1, 0.15) is 34.5 Å². The molecule has 2 aromatic rings. The third-order valence-electron chi connectivity index (χ3n) is 4.36. The summed E-state index contributed by atoms with van der Waals surface area (Å²) in [6, 6.07) is 8.08. The molecule has 0 aliphatic carbocycles. The van der Waals surface area contributed by atoms with E-state index in [1.807, 2.05) is 11.8 Å². The van der Waals surface area contributed by atoms with Gasteiger partial charge in [-0.05, 0) is 49.6 Å². The molecule has 2 amide bonds. The summed E-state index contributed by atoms with van der Waals surface area (Å²) < 4.78 is 12.9. The quantitative estimate of drug-likeness (QED) is 0.930. The molecular weight excluding hydrogens is 321 g/mol. The SMILES string of the molecule is Cc1c(NC(=O)Cc2ccc(F)cn2)cccc1C(=O)N1CCCC1. The van der Waals surface area contributed by atoms with Crippen LogP contribution in [-0.4, -0.2) is 34.8 Å². The van der Waals surface area contributed by atoms with E-state index in [-0.39, 0.29) is 18.2 Å². The van der Waals surface area contributed by atoms with Crippen molar-refractivity contribution in [1.82, 2.24) is 9.88 Å². The fourth-order valence-corrected chi connectivity index (χ4v) is 2.96. The Morgan fingerprint density at radius 3 is 2.64 bits per heavy atom. The number of likely N-dealkylation sites (tertiary alicyclic amines) is 1. The molecular formula is C19H20FN3O2. The lowest BCUT2D eigenvalue weighted by atomic mass is 10.1. The number of nitrogens with one attached hydrogen (secondary N) is 1. The maximum absolute atomic E-state index is 12.9. The summed E-state index contributed by atoms with van der Waals surface area (Å²) in [5, 5.41) is 2.82. The predicted molar refractivity (Wildman–Crippen MR) is 92.8 cm³/mol. The number of hydrogen-bond donors (Lipinski definition) is 1. The van der Waals surface area contributed by atoms with Crippen LogP contribution in [0.3, 0.4) is 0 Å². The Bertz CT molecular complexity index is 784. The normalized spacial score (nSPS) is 13.8. The number of amides is 2. The maximum Gasteiger partial charge on any atom is 0.254 e. The van der Waals surface area contributed by atoms with Crippen LogP contribution in [0.5, 0.6) is 0 Å². The minimum absolute atomic E-state index is 0.00583. The first-order valence-corrected chi connectivity index (χ1v) is 8.34. The van der Waals surface area contributed by atoms with Gasteiger partial charge in [0.1, 0.15) is 5.82 Å². The van der Waals surface area contributed by atoms with Crippen molar-refractivity contribution < 1.29 is 14.0 Å². The number of nitrogens with zero attached hydrogens (tertiary/aromatic N) is 2. The number of aromatic nitrogens is 1. The Labute approximate surface area is 145 Å². The van der Waals surface area contributed by atoms with Crippen LogP contribution in [0, 0.1) is 12.7 Å². The molecule has 130 valence electrons. The first kappa shape index (κ1) is 17.1. The van der Waals surface area contributed by atoms with E-state index < -0.39 is 5.82 Å². The first-order chi connectivity index (χ1) is 12.0. The van der Waals surface area contributed by atoms with Crippen LogP contribution in [0.4, 0.5) is 10.1 Å². The summed E-state index contributed by atoms with van der Waals surface area (Å²) in [4.78, 5) is 30.5. The number of hydrogen-bond acceptors (Lipinski definition) is 3. The van der Waals surface area contributed by atoms with E-state index in [0.29, 0.717) is 16.9 Å². The molecule has 0 radical (unpaired) electrons. The molecule has 6 heteroatoms. The lowest BCUT2D eigenvalue weighted by molar-refractivity contribution is -0.115. The molecule has 1 N–H and O–H groups in total. The molecule has 0 bridgehead atoms. The zero-order valence-electron chi connectivity index (χ0n) is 14.1. The molecule has 0 atom stereocenters. The van der Waals surface area contributed by atoms with Crippen molar-refractivity contribution in [2.75, 3.05) is 18.4 Å². The van der Waals surface area contributed by atoms with Crippen molar-refractivity contribution >= 4 is 17.5 Å². The molecule has 2 heterocycles.